The highest BCUT2D eigenvalue weighted by atomic mass is 127. The molecule has 0 amide bonds. The SMILES string of the molecule is COCOc1ccc2c(=O)c(I)coc2c1. The molecular formula is C11H9IO4. The van der Waals surface area contributed by atoms with Gasteiger partial charge >= 0.3 is 0 Å². The third kappa shape index (κ3) is 2.19. The summed E-state index contributed by atoms with van der Waals surface area (Å²) in [7, 11) is 1.55. The maximum atomic E-state index is 11.7. The zero-order valence-corrected chi connectivity index (χ0v) is 10.7. The first-order valence-electron chi connectivity index (χ1n) is 4.55. The lowest BCUT2D eigenvalue weighted by Crippen LogP contribution is -2.05. The predicted octanol–water partition coefficient (Wildman–Crippen LogP) is 2.38. The maximum Gasteiger partial charge on any atom is 0.205 e. The normalized spacial score (nSPS) is 10.6. The van der Waals surface area contributed by atoms with Gasteiger partial charge in [0.25, 0.3) is 0 Å². The van der Waals surface area contributed by atoms with Crippen molar-refractivity contribution in [3.8, 4) is 5.75 Å². The van der Waals surface area contributed by atoms with E-state index in [0.717, 1.165) is 0 Å². The number of ether oxygens (including phenoxy) is 2. The molecule has 0 N–H and O–H groups in total. The van der Waals surface area contributed by atoms with E-state index in [4.69, 9.17) is 13.9 Å². The molecule has 16 heavy (non-hydrogen) atoms. The summed E-state index contributed by atoms with van der Waals surface area (Å²) in [6.45, 7) is 0.167. The van der Waals surface area contributed by atoms with Crippen LogP contribution in [0.2, 0.25) is 0 Å². The fourth-order valence-corrected chi connectivity index (χ4v) is 1.72. The van der Waals surface area contributed by atoms with Crippen molar-refractivity contribution in [1.29, 1.82) is 0 Å². The Morgan fingerprint density at radius 2 is 2.25 bits per heavy atom. The molecule has 4 nitrogen and oxygen atoms in total. The molecule has 0 saturated carbocycles. The van der Waals surface area contributed by atoms with Gasteiger partial charge in [-0.1, -0.05) is 0 Å². The number of hydrogen-bond acceptors (Lipinski definition) is 4. The van der Waals surface area contributed by atoms with E-state index in [0.29, 0.717) is 20.3 Å². The summed E-state index contributed by atoms with van der Waals surface area (Å²) in [4.78, 5) is 11.7. The molecule has 0 aliphatic heterocycles. The molecule has 2 rings (SSSR count). The van der Waals surface area contributed by atoms with Gasteiger partial charge in [-0.3, -0.25) is 4.79 Å². The van der Waals surface area contributed by atoms with Crippen molar-refractivity contribution in [2.45, 2.75) is 0 Å². The van der Waals surface area contributed by atoms with Crippen LogP contribution in [0, 0.1) is 3.57 Å². The number of methoxy groups -OCH3 is 1. The molecule has 5 heteroatoms. The Bertz CT molecular complexity index is 561. The molecule has 0 spiro atoms. The Labute approximate surface area is 105 Å². The molecule has 1 aromatic carbocycles. The highest BCUT2D eigenvalue weighted by Gasteiger charge is 2.05. The summed E-state index contributed by atoms with van der Waals surface area (Å²) in [5.74, 6) is 0.610. The monoisotopic (exact) mass is 332 g/mol. The lowest BCUT2D eigenvalue weighted by Gasteiger charge is -2.04. The molecule has 0 fully saturated rings. The Balaban J connectivity index is 2.48. The Morgan fingerprint density at radius 3 is 3.00 bits per heavy atom. The number of benzene rings is 1. The first-order chi connectivity index (χ1) is 7.72. The van der Waals surface area contributed by atoms with E-state index in [1.807, 2.05) is 22.6 Å². The molecule has 0 saturated heterocycles. The highest BCUT2D eigenvalue weighted by Crippen LogP contribution is 2.19. The second-order valence-corrected chi connectivity index (χ2v) is 4.28. The highest BCUT2D eigenvalue weighted by molar-refractivity contribution is 14.1. The van der Waals surface area contributed by atoms with E-state index < -0.39 is 0 Å². The van der Waals surface area contributed by atoms with Gasteiger partial charge < -0.3 is 13.9 Å². The summed E-state index contributed by atoms with van der Waals surface area (Å²) in [5, 5.41) is 0.552. The third-order valence-corrected chi connectivity index (χ3v) is 2.79. The third-order valence-electron chi connectivity index (χ3n) is 2.05. The Kier molecular flexibility index (Phi) is 3.45. The van der Waals surface area contributed by atoms with Gasteiger partial charge in [-0.15, -0.1) is 0 Å². The van der Waals surface area contributed by atoms with E-state index >= 15 is 0 Å². The second kappa shape index (κ2) is 4.84. The van der Waals surface area contributed by atoms with Crippen molar-refractivity contribution in [2.24, 2.45) is 0 Å². The number of rotatable bonds is 3. The van der Waals surface area contributed by atoms with E-state index in [-0.39, 0.29) is 12.2 Å². The summed E-state index contributed by atoms with van der Waals surface area (Å²) in [6, 6.07) is 5.08. The van der Waals surface area contributed by atoms with Gasteiger partial charge in [0.15, 0.2) is 6.79 Å². The van der Waals surface area contributed by atoms with Gasteiger partial charge in [0, 0.05) is 13.2 Å². The molecule has 0 unspecified atom stereocenters. The van der Waals surface area contributed by atoms with Crippen LogP contribution in [0.4, 0.5) is 0 Å². The molecule has 1 heterocycles. The van der Waals surface area contributed by atoms with Crippen LogP contribution in [0.3, 0.4) is 0 Å². The van der Waals surface area contributed by atoms with Gasteiger partial charge in [0.05, 0.1) is 8.96 Å². The number of halogens is 1. The van der Waals surface area contributed by atoms with E-state index in [1.54, 1.807) is 25.3 Å². The standard InChI is InChI=1S/C11H9IO4/c1-14-6-16-7-2-3-8-10(4-7)15-5-9(12)11(8)13/h2-5H,6H2,1H3. The van der Waals surface area contributed by atoms with Crippen molar-refractivity contribution in [3.63, 3.8) is 0 Å². The fourth-order valence-electron chi connectivity index (χ4n) is 1.30. The van der Waals surface area contributed by atoms with Crippen LogP contribution >= 0.6 is 22.6 Å². The lowest BCUT2D eigenvalue weighted by atomic mass is 10.2. The van der Waals surface area contributed by atoms with Crippen LogP contribution in [-0.2, 0) is 4.74 Å². The summed E-state index contributed by atoms with van der Waals surface area (Å²) in [6.07, 6.45) is 1.44. The minimum Gasteiger partial charge on any atom is -0.467 e. The van der Waals surface area contributed by atoms with Gasteiger partial charge in [-0.2, -0.15) is 0 Å². The lowest BCUT2D eigenvalue weighted by molar-refractivity contribution is 0.0512. The van der Waals surface area contributed by atoms with Crippen molar-refractivity contribution in [3.05, 3.63) is 38.3 Å². The number of fused-ring (bicyclic) bond motifs is 1. The Hall–Kier alpha value is -1.08. The zero-order valence-electron chi connectivity index (χ0n) is 8.53. The van der Waals surface area contributed by atoms with Gasteiger partial charge in [-0.05, 0) is 34.7 Å². The van der Waals surface area contributed by atoms with Crippen LogP contribution < -0.4 is 10.2 Å². The minimum atomic E-state index is -0.0276. The topological polar surface area (TPSA) is 48.7 Å². The van der Waals surface area contributed by atoms with Gasteiger partial charge in [0.2, 0.25) is 5.43 Å². The summed E-state index contributed by atoms with van der Waals surface area (Å²) < 4.78 is 15.9. The predicted molar refractivity (Wildman–Crippen MR) is 67.7 cm³/mol. The van der Waals surface area contributed by atoms with Crippen molar-refractivity contribution in [2.75, 3.05) is 13.9 Å². The van der Waals surface area contributed by atoms with Crippen molar-refractivity contribution < 1.29 is 13.9 Å². The number of hydrogen-bond donors (Lipinski definition) is 0. The van der Waals surface area contributed by atoms with Crippen LogP contribution in [0.5, 0.6) is 5.75 Å². The van der Waals surface area contributed by atoms with E-state index in [2.05, 4.69) is 0 Å². The average molecular weight is 332 g/mol. The average Bonchev–Trinajstić information content (AvgIpc) is 2.31. The quantitative estimate of drug-likeness (QED) is 0.640. The maximum absolute atomic E-state index is 11.7. The van der Waals surface area contributed by atoms with Gasteiger partial charge in [0.1, 0.15) is 17.6 Å². The summed E-state index contributed by atoms with van der Waals surface area (Å²) in [5.41, 5.74) is 0.485. The van der Waals surface area contributed by atoms with Crippen LogP contribution in [0.15, 0.2) is 33.7 Å². The zero-order chi connectivity index (χ0) is 11.5. The Morgan fingerprint density at radius 1 is 1.44 bits per heavy atom. The fraction of sp³-hybridized carbons (Fsp3) is 0.182. The van der Waals surface area contributed by atoms with Crippen LogP contribution in [0.1, 0.15) is 0 Å². The molecule has 0 bridgehead atoms. The molecule has 0 radical (unpaired) electrons. The molecule has 2 aromatic rings. The largest absolute Gasteiger partial charge is 0.467 e. The molecular weight excluding hydrogens is 323 g/mol. The molecule has 84 valence electrons. The van der Waals surface area contributed by atoms with Crippen LogP contribution in [-0.4, -0.2) is 13.9 Å². The smallest absolute Gasteiger partial charge is 0.205 e. The van der Waals surface area contributed by atoms with Crippen molar-refractivity contribution in [1.82, 2.24) is 0 Å². The summed E-state index contributed by atoms with van der Waals surface area (Å²) >= 11 is 1.95. The molecule has 1 aromatic heterocycles. The molecule has 0 aliphatic rings. The van der Waals surface area contributed by atoms with E-state index in [1.165, 1.54) is 6.26 Å². The molecule has 0 atom stereocenters. The first kappa shape index (κ1) is 11.4. The second-order valence-electron chi connectivity index (χ2n) is 3.12. The molecule has 0 aliphatic carbocycles. The van der Waals surface area contributed by atoms with Crippen molar-refractivity contribution >= 4 is 33.6 Å². The van der Waals surface area contributed by atoms with Gasteiger partial charge in [-0.25, -0.2) is 0 Å². The van der Waals surface area contributed by atoms with E-state index in [9.17, 15) is 4.79 Å². The van der Waals surface area contributed by atoms with Crippen LogP contribution in [0.25, 0.3) is 11.0 Å². The first-order valence-corrected chi connectivity index (χ1v) is 5.63. The minimum absolute atomic E-state index is 0.0276.